The van der Waals surface area contributed by atoms with Gasteiger partial charge in [-0.05, 0) is 31.0 Å². The molecule has 1 aliphatic rings. The quantitative estimate of drug-likeness (QED) is 0.695. The summed E-state index contributed by atoms with van der Waals surface area (Å²) in [5.74, 6) is 0. The minimum Gasteiger partial charge on any atom is -0.398 e. The van der Waals surface area contributed by atoms with E-state index in [2.05, 4.69) is 4.72 Å². The Morgan fingerprint density at radius 2 is 2.15 bits per heavy atom. The lowest BCUT2D eigenvalue weighted by molar-refractivity contribution is 0.0314. The molecular weight excluding hydrogens is 280 g/mol. The average molecular weight is 300 g/mol. The summed E-state index contributed by atoms with van der Waals surface area (Å²) >= 11 is 0. The van der Waals surface area contributed by atoms with Gasteiger partial charge in [-0.2, -0.15) is 0 Å². The zero-order valence-corrected chi connectivity index (χ0v) is 12.5. The number of anilines is 1. The predicted molar refractivity (Wildman–Crippen MR) is 75.9 cm³/mol. The van der Waals surface area contributed by atoms with Crippen molar-refractivity contribution in [3.05, 3.63) is 23.3 Å². The van der Waals surface area contributed by atoms with Gasteiger partial charge < -0.3 is 15.6 Å². The van der Waals surface area contributed by atoms with Gasteiger partial charge in [0.1, 0.15) is 5.60 Å². The molecule has 0 aromatic heterocycles. The van der Waals surface area contributed by atoms with Crippen LogP contribution in [0.4, 0.5) is 5.69 Å². The highest BCUT2D eigenvalue weighted by molar-refractivity contribution is 7.89. The molecule has 1 aliphatic heterocycles. The van der Waals surface area contributed by atoms with Gasteiger partial charge in [0.05, 0.1) is 11.5 Å². The lowest BCUT2D eigenvalue weighted by Gasteiger charge is -2.21. The molecule has 1 aromatic rings. The zero-order chi connectivity index (χ0) is 15.0. The molecule has 1 unspecified atom stereocenters. The van der Waals surface area contributed by atoms with Gasteiger partial charge in [-0.25, -0.2) is 13.1 Å². The van der Waals surface area contributed by atoms with Crippen LogP contribution in [-0.2, 0) is 14.8 Å². The van der Waals surface area contributed by atoms with Crippen LogP contribution < -0.4 is 10.5 Å². The topological polar surface area (TPSA) is 102 Å². The molecule has 1 atom stereocenters. The van der Waals surface area contributed by atoms with Gasteiger partial charge >= 0.3 is 0 Å². The molecule has 4 N–H and O–H groups in total. The third-order valence-corrected chi connectivity index (χ3v) is 5.28. The molecule has 0 aliphatic carbocycles. The van der Waals surface area contributed by atoms with Crippen LogP contribution in [0.3, 0.4) is 0 Å². The van der Waals surface area contributed by atoms with Gasteiger partial charge in [0, 0.05) is 25.3 Å². The fraction of sp³-hybridized carbons (Fsp3) is 0.538. The number of hydrogen-bond donors (Lipinski definition) is 3. The van der Waals surface area contributed by atoms with Gasteiger partial charge in [-0.1, -0.05) is 6.07 Å². The smallest absolute Gasteiger partial charge is 0.241 e. The number of aryl methyl sites for hydroxylation is 1. The van der Waals surface area contributed by atoms with Gasteiger partial charge in [-0.15, -0.1) is 0 Å². The van der Waals surface area contributed by atoms with E-state index in [1.165, 1.54) is 0 Å². The lowest BCUT2D eigenvalue weighted by Crippen LogP contribution is -2.43. The van der Waals surface area contributed by atoms with Crippen LogP contribution in [-0.4, -0.2) is 38.9 Å². The average Bonchev–Trinajstić information content (AvgIpc) is 2.80. The molecule has 2 rings (SSSR count). The summed E-state index contributed by atoms with van der Waals surface area (Å²) in [6.45, 7) is 3.90. The van der Waals surface area contributed by atoms with E-state index < -0.39 is 15.6 Å². The Morgan fingerprint density at radius 1 is 1.45 bits per heavy atom. The SMILES string of the molecule is Cc1ccc(N)c(C)c1S(=O)(=O)NCC1(O)CCOC1. The molecule has 0 radical (unpaired) electrons. The van der Waals surface area contributed by atoms with Crippen molar-refractivity contribution in [2.45, 2.75) is 30.8 Å². The number of nitrogen functional groups attached to an aromatic ring is 1. The molecular formula is C13H20N2O4S. The molecule has 1 saturated heterocycles. The third-order valence-electron chi connectivity index (χ3n) is 3.59. The van der Waals surface area contributed by atoms with Gasteiger partial charge in [0.25, 0.3) is 0 Å². The number of nitrogens with two attached hydrogens (primary N) is 1. The van der Waals surface area contributed by atoms with Crippen LogP contribution >= 0.6 is 0 Å². The van der Waals surface area contributed by atoms with Crippen molar-refractivity contribution >= 4 is 15.7 Å². The van der Waals surface area contributed by atoms with Crippen molar-refractivity contribution in [3.63, 3.8) is 0 Å². The summed E-state index contributed by atoms with van der Waals surface area (Å²) in [6.07, 6.45) is 0.421. The summed E-state index contributed by atoms with van der Waals surface area (Å²) in [6, 6.07) is 3.35. The summed E-state index contributed by atoms with van der Waals surface area (Å²) < 4.78 is 32.4. The predicted octanol–water partition coefficient (Wildman–Crippen LogP) is 0.315. The molecule has 20 heavy (non-hydrogen) atoms. The van der Waals surface area contributed by atoms with E-state index in [1.54, 1.807) is 26.0 Å². The second-order valence-electron chi connectivity index (χ2n) is 5.28. The van der Waals surface area contributed by atoms with Crippen LogP contribution in [0.5, 0.6) is 0 Å². The number of sulfonamides is 1. The Morgan fingerprint density at radius 3 is 2.75 bits per heavy atom. The normalized spacial score (nSPS) is 23.1. The van der Waals surface area contributed by atoms with E-state index in [0.717, 1.165) is 0 Å². The van der Waals surface area contributed by atoms with E-state index in [-0.39, 0.29) is 18.0 Å². The van der Waals surface area contributed by atoms with Crippen LogP contribution in [0, 0.1) is 13.8 Å². The maximum Gasteiger partial charge on any atom is 0.241 e. The first-order valence-corrected chi connectivity index (χ1v) is 7.89. The van der Waals surface area contributed by atoms with Crippen LogP contribution in [0.15, 0.2) is 17.0 Å². The number of hydrogen-bond acceptors (Lipinski definition) is 5. The molecule has 1 heterocycles. The Bertz CT molecular complexity index is 607. The highest BCUT2D eigenvalue weighted by atomic mass is 32.2. The van der Waals surface area contributed by atoms with E-state index in [0.29, 0.717) is 29.8 Å². The third kappa shape index (κ3) is 2.95. The van der Waals surface area contributed by atoms with E-state index in [9.17, 15) is 13.5 Å². The number of benzene rings is 1. The van der Waals surface area contributed by atoms with E-state index in [4.69, 9.17) is 10.5 Å². The zero-order valence-electron chi connectivity index (χ0n) is 11.6. The van der Waals surface area contributed by atoms with Crippen molar-refractivity contribution < 1.29 is 18.3 Å². The second-order valence-corrected chi connectivity index (χ2v) is 6.98. The monoisotopic (exact) mass is 300 g/mol. The largest absolute Gasteiger partial charge is 0.398 e. The first kappa shape index (κ1) is 15.2. The fourth-order valence-corrected chi connectivity index (χ4v) is 3.91. The molecule has 112 valence electrons. The molecule has 1 fully saturated rings. The van der Waals surface area contributed by atoms with Crippen LogP contribution in [0.1, 0.15) is 17.5 Å². The standard InChI is InChI=1S/C13H20N2O4S/c1-9-3-4-11(14)10(2)12(9)20(17,18)15-7-13(16)5-6-19-8-13/h3-4,15-16H,5-8,14H2,1-2H3. The summed E-state index contributed by atoms with van der Waals surface area (Å²) in [4.78, 5) is 0.181. The van der Waals surface area contributed by atoms with Crippen LogP contribution in [0.2, 0.25) is 0 Å². The van der Waals surface area contributed by atoms with Crippen molar-refractivity contribution in [3.8, 4) is 0 Å². The number of nitrogens with one attached hydrogen (secondary N) is 1. The number of rotatable bonds is 4. The van der Waals surface area contributed by atoms with Crippen molar-refractivity contribution in [2.75, 3.05) is 25.5 Å². The molecule has 0 amide bonds. The Hall–Kier alpha value is -1.15. The van der Waals surface area contributed by atoms with Gasteiger partial charge in [-0.3, -0.25) is 0 Å². The highest BCUT2D eigenvalue weighted by Gasteiger charge is 2.34. The summed E-state index contributed by atoms with van der Waals surface area (Å²) in [7, 11) is -3.72. The summed E-state index contributed by atoms with van der Waals surface area (Å²) in [5.41, 5.74) is 6.21. The minimum atomic E-state index is -3.72. The Balaban J connectivity index is 2.25. The lowest BCUT2D eigenvalue weighted by atomic mass is 10.1. The van der Waals surface area contributed by atoms with Gasteiger partial charge in [0.2, 0.25) is 10.0 Å². The molecule has 1 aromatic carbocycles. The molecule has 7 heteroatoms. The number of aliphatic hydroxyl groups is 1. The van der Waals surface area contributed by atoms with Crippen LogP contribution in [0.25, 0.3) is 0 Å². The maximum absolute atomic E-state index is 12.4. The van der Waals surface area contributed by atoms with Crippen molar-refractivity contribution in [2.24, 2.45) is 0 Å². The highest BCUT2D eigenvalue weighted by Crippen LogP contribution is 2.25. The molecule has 0 spiro atoms. The van der Waals surface area contributed by atoms with E-state index in [1.807, 2.05) is 0 Å². The first-order chi connectivity index (χ1) is 9.25. The van der Waals surface area contributed by atoms with E-state index >= 15 is 0 Å². The first-order valence-electron chi connectivity index (χ1n) is 6.41. The van der Waals surface area contributed by atoms with Gasteiger partial charge in [0.15, 0.2) is 0 Å². The molecule has 6 nitrogen and oxygen atoms in total. The Labute approximate surface area is 119 Å². The van der Waals surface area contributed by atoms with Crippen molar-refractivity contribution in [1.29, 1.82) is 0 Å². The summed E-state index contributed by atoms with van der Waals surface area (Å²) in [5, 5.41) is 10.1. The minimum absolute atomic E-state index is 0.0665. The Kier molecular flexibility index (Phi) is 4.06. The fourth-order valence-electron chi connectivity index (χ4n) is 2.29. The maximum atomic E-state index is 12.4. The van der Waals surface area contributed by atoms with Crippen molar-refractivity contribution in [1.82, 2.24) is 4.72 Å². The second kappa shape index (κ2) is 5.33. The number of ether oxygens (including phenoxy) is 1. The molecule has 0 saturated carbocycles. The molecule has 0 bridgehead atoms.